The number of nitrogens with one attached hydrogen (secondary N) is 1. The van der Waals surface area contributed by atoms with Crippen LogP contribution in [0.3, 0.4) is 0 Å². The number of aromatic amines is 1. The largest absolute Gasteiger partial charge is 0.381 e. The molecule has 1 aromatic heterocycles. The smallest absolute Gasteiger partial charge is 0.156 e. The molecule has 1 aliphatic rings. The Morgan fingerprint density at radius 2 is 2.58 bits per heavy atom. The van der Waals surface area contributed by atoms with Crippen molar-refractivity contribution in [2.24, 2.45) is 5.73 Å². The number of hydrogen-bond acceptors (Lipinski definition) is 4. The fraction of sp³-hybridized carbons (Fsp3) is 0.714. The van der Waals surface area contributed by atoms with Gasteiger partial charge in [-0.25, -0.2) is 4.98 Å². The maximum absolute atomic E-state index is 5.40. The van der Waals surface area contributed by atoms with E-state index in [0.29, 0.717) is 12.5 Å². The Balaban J connectivity index is 2.11. The summed E-state index contributed by atoms with van der Waals surface area (Å²) in [5.41, 5.74) is 5.40. The van der Waals surface area contributed by atoms with Crippen molar-refractivity contribution in [3.8, 4) is 0 Å². The lowest BCUT2D eigenvalue weighted by Gasteiger charge is -1.98. The van der Waals surface area contributed by atoms with Gasteiger partial charge in [-0.15, -0.1) is 0 Å². The molecule has 0 saturated carbocycles. The molecule has 2 heterocycles. The lowest BCUT2D eigenvalue weighted by molar-refractivity contribution is 0.193. The molecule has 0 spiro atoms. The highest BCUT2D eigenvalue weighted by molar-refractivity contribution is 4.99. The number of rotatable bonds is 2. The molecule has 5 heteroatoms. The van der Waals surface area contributed by atoms with E-state index in [9.17, 15) is 0 Å². The van der Waals surface area contributed by atoms with Crippen molar-refractivity contribution in [1.82, 2.24) is 15.2 Å². The van der Waals surface area contributed by atoms with Gasteiger partial charge in [-0.2, -0.15) is 5.10 Å². The van der Waals surface area contributed by atoms with Gasteiger partial charge in [0.15, 0.2) is 5.82 Å². The Morgan fingerprint density at radius 1 is 1.67 bits per heavy atom. The van der Waals surface area contributed by atoms with Crippen LogP contribution in [0.2, 0.25) is 0 Å². The second-order valence-corrected chi connectivity index (χ2v) is 2.90. The SMILES string of the molecule is NCc1nc(C2CCOC2)n[nH]1. The average Bonchev–Trinajstić information content (AvgIpc) is 2.75. The van der Waals surface area contributed by atoms with Crippen molar-refractivity contribution in [2.45, 2.75) is 18.9 Å². The first kappa shape index (κ1) is 7.70. The van der Waals surface area contributed by atoms with E-state index in [2.05, 4.69) is 15.2 Å². The summed E-state index contributed by atoms with van der Waals surface area (Å²) in [6, 6.07) is 0. The Morgan fingerprint density at radius 3 is 3.17 bits per heavy atom. The Bertz CT molecular complexity index is 254. The number of hydrogen-bond donors (Lipinski definition) is 2. The number of ether oxygens (including phenoxy) is 1. The molecule has 1 saturated heterocycles. The summed E-state index contributed by atoms with van der Waals surface area (Å²) in [4.78, 5) is 4.24. The maximum Gasteiger partial charge on any atom is 0.156 e. The standard InChI is InChI=1S/C7H12N4O/c8-3-6-9-7(11-10-6)5-1-2-12-4-5/h5H,1-4,8H2,(H,9,10,11). The first-order valence-electron chi connectivity index (χ1n) is 4.09. The second-order valence-electron chi connectivity index (χ2n) is 2.90. The maximum atomic E-state index is 5.40. The van der Waals surface area contributed by atoms with Gasteiger partial charge in [0.05, 0.1) is 13.2 Å². The third-order valence-corrected chi connectivity index (χ3v) is 2.04. The summed E-state index contributed by atoms with van der Waals surface area (Å²) in [6.07, 6.45) is 1.02. The van der Waals surface area contributed by atoms with E-state index >= 15 is 0 Å². The van der Waals surface area contributed by atoms with Crippen LogP contribution < -0.4 is 5.73 Å². The van der Waals surface area contributed by atoms with Crippen LogP contribution in [0.25, 0.3) is 0 Å². The molecule has 0 amide bonds. The van der Waals surface area contributed by atoms with Crippen molar-refractivity contribution in [3.63, 3.8) is 0 Å². The molecule has 0 radical (unpaired) electrons. The Hall–Kier alpha value is -0.940. The highest BCUT2D eigenvalue weighted by Crippen LogP contribution is 2.21. The number of nitrogens with two attached hydrogens (primary N) is 1. The quantitative estimate of drug-likeness (QED) is 0.639. The van der Waals surface area contributed by atoms with E-state index in [0.717, 1.165) is 31.3 Å². The van der Waals surface area contributed by atoms with E-state index < -0.39 is 0 Å². The molecule has 1 aromatic rings. The van der Waals surface area contributed by atoms with Gasteiger partial charge in [0.2, 0.25) is 0 Å². The summed E-state index contributed by atoms with van der Waals surface area (Å²) in [5.74, 6) is 1.95. The average molecular weight is 168 g/mol. The Labute approximate surface area is 70.3 Å². The second kappa shape index (κ2) is 3.20. The molecule has 1 atom stereocenters. The minimum Gasteiger partial charge on any atom is -0.381 e. The number of aromatic nitrogens is 3. The molecular weight excluding hydrogens is 156 g/mol. The molecule has 3 N–H and O–H groups in total. The van der Waals surface area contributed by atoms with E-state index in [1.807, 2.05) is 0 Å². The lowest BCUT2D eigenvalue weighted by atomic mass is 10.1. The van der Waals surface area contributed by atoms with Crippen LogP contribution in [0.5, 0.6) is 0 Å². The zero-order valence-electron chi connectivity index (χ0n) is 6.79. The third-order valence-electron chi connectivity index (χ3n) is 2.04. The minimum atomic E-state index is 0.363. The van der Waals surface area contributed by atoms with Crippen LogP contribution in [0, 0.1) is 0 Å². The van der Waals surface area contributed by atoms with Crippen LogP contribution in [0.15, 0.2) is 0 Å². The van der Waals surface area contributed by atoms with Gasteiger partial charge in [-0.1, -0.05) is 0 Å². The van der Waals surface area contributed by atoms with Gasteiger partial charge in [0, 0.05) is 12.5 Å². The summed E-state index contributed by atoms with van der Waals surface area (Å²) >= 11 is 0. The molecular formula is C7H12N4O. The summed E-state index contributed by atoms with van der Waals surface area (Å²) < 4.78 is 5.23. The van der Waals surface area contributed by atoms with Crippen LogP contribution in [-0.4, -0.2) is 28.4 Å². The number of nitrogens with zero attached hydrogens (tertiary/aromatic N) is 2. The monoisotopic (exact) mass is 168 g/mol. The molecule has 0 aliphatic carbocycles. The highest BCUT2D eigenvalue weighted by Gasteiger charge is 2.21. The van der Waals surface area contributed by atoms with E-state index in [4.69, 9.17) is 10.5 Å². The van der Waals surface area contributed by atoms with Gasteiger partial charge >= 0.3 is 0 Å². The third kappa shape index (κ3) is 1.33. The van der Waals surface area contributed by atoms with E-state index in [1.54, 1.807) is 0 Å². The van der Waals surface area contributed by atoms with Crippen LogP contribution in [0.1, 0.15) is 24.0 Å². The lowest BCUT2D eigenvalue weighted by Crippen LogP contribution is -2.01. The van der Waals surface area contributed by atoms with Gasteiger partial charge in [0.25, 0.3) is 0 Å². The highest BCUT2D eigenvalue weighted by atomic mass is 16.5. The zero-order valence-corrected chi connectivity index (χ0v) is 6.79. The molecule has 1 unspecified atom stereocenters. The predicted octanol–water partition coefficient (Wildman–Crippen LogP) is -0.233. The first-order chi connectivity index (χ1) is 5.90. The van der Waals surface area contributed by atoms with Gasteiger partial charge in [-0.3, -0.25) is 5.10 Å². The Kier molecular flexibility index (Phi) is 2.05. The van der Waals surface area contributed by atoms with Gasteiger partial charge < -0.3 is 10.5 Å². The fourth-order valence-corrected chi connectivity index (χ4v) is 1.32. The summed E-state index contributed by atoms with van der Waals surface area (Å²) in [6.45, 7) is 1.97. The van der Waals surface area contributed by atoms with Crippen molar-refractivity contribution in [3.05, 3.63) is 11.6 Å². The fourth-order valence-electron chi connectivity index (χ4n) is 1.32. The van der Waals surface area contributed by atoms with Crippen LogP contribution in [0.4, 0.5) is 0 Å². The van der Waals surface area contributed by atoms with Crippen molar-refractivity contribution in [2.75, 3.05) is 13.2 Å². The van der Waals surface area contributed by atoms with Crippen molar-refractivity contribution in [1.29, 1.82) is 0 Å². The van der Waals surface area contributed by atoms with Gasteiger partial charge in [0.1, 0.15) is 5.82 Å². The van der Waals surface area contributed by atoms with Crippen molar-refractivity contribution < 1.29 is 4.74 Å². The molecule has 2 rings (SSSR count). The van der Waals surface area contributed by atoms with E-state index in [-0.39, 0.29) is 0 Å². The normalized spacial score (nSPS) is 23.2. The molecule has 12 heavy (non-hydrogen) atoms. The predicted molar refractivity (Wildman–Crippen MR) is 42.5 cm³/mol. The molecule has 66 valence electrons. The molecule has 0 aromatic carbocycles. The van der Waals surface area contributed by atoms with Gasteiger partial charge in [-0.05, 0) is 6.42 Å². The molecule has 1 aliphatic heterocycles. The first-order valence-corrected chi connectivity index (χ1v) is 4.09. The van der Waals surface area contributed by atoms with Crippen LogP contribution >= 0.6 is 0 Å². The topological polar surface area (TPSA) is 76.8 Å². The molecule has 5 nitrogen and oxygen atoms in total. The molecule has 0 bridgehead atoms. The van der Waals surface area contributed by atoms with E-state index in [1.165, 1.54) is 0 Å². The summed E-state index contributed by atoms with van der Waals surface area (Å²) in [7, 11) is 0. The number of H-pyrrole nitrogens is 1. The summed E-state index contributed by atoms with van der Waals surface area (Å²) in [5, 5.41) is 6.86. The van der Waals surface area contributed by atoms with Crippen molar-refractivity contribution >= 4 is 0 Å². The molecule has 1 fully saturated rings. The zero-order chi connectivity index (χ0) is 8.39. The minimum absolute atomic E-state index is 0.363. The van der Waals surface area contributed by atoms with Crippen LogP contribution in [-0.2, 0) is 11.3 Å².